The topological polar surface area (TPSA) is 39.1 Å². The first-order valence-electron chi connectivity index (χ1n) is 7.28. The third-order valence-corrected chi connectivity index (χ3v) is 3.94. The van der Waals surface area contributed by atoms with Gasteiger partial charge in [0.15, 0.2) is 0 Å². The van der Waals surface area contributed by atoms with Gasteiger partial charge in [-0.05, 0) is 51.4 Å². The summed E-state index contributed by atoms with van der Waals surface area (Å²) in [5.74, 6) is 0. The molecule has 1 atom stereocenters. The van der Waals surface area contributed by atoms with Gasteiger partial charge in [-0.3, -0.25) is 0 Å². The molecule has 1 N–H and O–H groups in total. The molecule has 0 spiro atoms. The van der Waals surface area contributed by atoms with E-state index in [0.29, 0.717) is 6.04 Å². The molecule has 19 heavy (non-hydrogen) atoms. The highest BCUT2D eigenvalue weighted by atomic mass is 15.2. The molecule has 1 saturated heterocycles. The second-order valence-electron chi connectivity index (χ2n) is 5.32. The van der Waals surface area contributed by atoms with Gasteiger partial charge in [0.25, 0.3) is 0 Å². The highest BCUT2D eigenvalue weighted by Crippen LogP contribution is 2.16. The first kappa shape index (κ1) is 13.9. The number of nitriles is 1. The highest BCUT2D eigenvalue weighted by Gasteiger charge is 2.16. The molecule has 3 nitrogen and oxygen atoms in total. The third kappa shape index (κ3) is 3.97. The lowest BCUT2D eigenvalue weighted by atomic mass is 10.1. The number of hydrogen-bond acceptors (Lipinski definition) is 3. The van der Waals surface area contributed by atoms with Gasteiger partial charge in [0.2, 0.25) is 0 Å². The van der Waals surface area contributed by atoms with Crippen molar-refractivity contribution in [2.75, 3.05) is 25.0 Å². The van der Waals surface area contributed by atoms with Gasteiger partial charge in [-0.25, -0.2) is 0 Å². The summed E-state index contributed by atoms with van der Waals surface area (Å²) in [6.45, 7) is 5.73. The van der Waals surface area contributed by atoms with Gasteiger partial charge in [-0.15, -0.1) is 0 Å². The minimum Gasteiger partial charge on any atom is -0.384 e. The van der Waals surface area contributed by atoms with Crippen molar-refractivity contribution >= 4 is 5.69 Å². The van der Waals surface area contributed by atoms with E-state index in [1.165, 1.54) is 32.4 Å². The molecule has 0 aromatic heterocycles. The van der Waals surface area contributed by atoms with Crippen LogP contribution in [-0.4, -0.2) is 30.6 Å². The van der Waals surface area contributed by atoms with Crippen molar-refractivity contribution in [3.63, 3.8) is 0 Å². The molecule has 1 unspecified atom stereocenters. The Morgan fingerprint density at radius 2 is 2.00 bits per heavy atom. The number of para-hydroxylation sites is 1. The van der Waals surface area contributed by atoms with Gasteiger partial charge < -0.3 is 10.2 Å². The number of anilines is 1. The zero-order valence-corrected chi connectivity index (χ0v) is 11.7. The largest absolute Gasteiger partial charge is 0.384 e. The number of likely N-dealkylation sites (tertiary alicyclic amines) is 1. The van der Waals surface area contributed by atoms with Crippen LogP contribution in [0.5, 0.6) is 0 Å². The predicted molar refractivity (Wildman–Crippen MR) is 79.1 cm³/mol. The van der Waals surface area contributed by atoms with E-state index in [9.17, 15) is 0 Å². The fraction of sp³-hybridized carbons (Fsp3) is 0.562. The monoisotopic (exact) mass is 257 g/mol. The highest BCUT2D eigenvalue weighted by molar-refractivity contribution is 5.56. The summed E-state index contributed by atoms with van der Waals surface area (Å²) >= 11 is 0. The van der Waals surface area contributed by atoms with E-state index < -0.39 is 0 Å². The molecule has 1 aliphatic heterocycles. The molecule has 0 radical (unpaired) electrons. The van der Waals surface area contributed by atoms with Crippen LogP contribution >= 0.6 is 0 Å². The van der Waals surface area contributed by atoms with E-state index in [1.807, 2.05) is 24.3 Å². The van der Waals surface area contributed by atoms with Crippen LogP contribution in [0, 0.1) is 11.3 Å². The maximum absolute atomic E-state index is 9.03. The Balaban J connectivity index is 1.78. The summed E-state index contributed by atoms with van der Waals surface area (Å²) in [5.41, 5.74) is 1.68. The van der Waals surface area contributed by atoms with Crippen molar-refractivity contribution in [3.8, 4) is 6.07 Å². The molecule has 2 rings (SSSR count). The van der Waals surface area contributed by atoms with Gasteiger partial charge in [0.05, 0.1) is 11.3 Å². The second kappa shape index (κ2) is 7.16. The Hall–Kier alpha value is -1.53. The molecule has 1 aromatic carbocycles. The smallest absolute Gasteiger partial charge is 0.101 e. The van der Waals surface area contributed by atoms with Crippen molar-refractivity contribution in [2.24, 2.45) is 0 Å². The predicted octanol–water partition coefficient (Wildman–Crippen LogP) is 3.23. The maximum atomic E-state index is 9.03. The van der Waals surface area contributed by atoms with E-state index >= 15 is 0 Å². The van der Waals surface area contributed by atoms with Crippen LogP contribution in [0.4, 0.5) is 5.69 Å². The molecular formula is C16H23N3. The lowest BCUT2D eigenvalue weighted by Gasteiger charge is -2.32. The molecule has 0 amide bonds. The minimum atomic E-state index is 0.627. The van der Waals surface area contributed by atoms with E-state index in [4.69, 9.17) is 5.26 Å². The lowest BCUT2D eigenvalue weighted by Crippen LogP contribution is -2.38. The molecule has 1 aromatic rings. The Morgan fingerprint density at radius 3 is 2.74 bits per heavy atom. The summed E-state index contributed by atoms with van der Waals surface area (Å²) in [5, 5.41) is 12.4. The average molecular weight is 257 g/mol. The minimum absolute atomic E-state index is 0.627. The van der Waals surface area contributed by atoms with Crippen LogP contribution in [-0.2, 0) is 0 Å². The van der Waals surface area contributed by atoms with Crippen molar-refractivity contribution in [3.05, 3.63) is 29.8 Å². The van der Waals surface area contributed by atoms with Crippen molar-refractivity contribution in [1.82, 2.24) is 4.90 Å². The van der Waals surface area contributed by atoms with Crippen molar-refractivity contribution in [2.45, 2.75) is 38.6 Å². The zero-order valence-electron chi connectivity index (χ0n) is 11.7. The van der Waals surface area contributed by atoms with E-state index in [-0.39, 0.29) is 0 Å². The van der Waals surface area contributed by atoms with E-state index in [2.05, 4.69) is 23.2 Å². The molecular weight excluding hydrogens is 234 g/mol. The number of rotatable bonds is 5. The van der Waals surface area contributed by atoms with E-state index in [0.717, 1.165) is 24.2 Å². The first-order valence-corrected chi connectivity index (χ1v) is 7.28. The molecule has 1 heterocycles. The van der Waals surface area contributed by atoms with Crippen LogP contribution in [0.25, 0.3) is 0 Å². The molecule has 1 fully saturated rings. The first-order chi connectivity index (χ1) is 9.31. The summed E-state index contributed by atoms with van der Waals surface area (Å²) in [6.07, 6.45) is 5.20. The number of benzene rings is 1. The van der Waals surface area contributed by atoms with Crippen LogP contribution < -0.4 is 5.32 Å². The SMILES string of the molecule is CC(CCNc1ccccc1C#N)N1CCCCC1. The maximum Gasteiger partial charge on any atom is 0.101 e. The number of nitrogens with zero attached hydrogens (tertiary/aromatic N) is 2. The number of nitrogens with one attached hydrogen (secondary N) is 1. The molecule has 0 saturated carbocycles. The van der Waals surface area contributed by atoms with Gasteiger partial charge in [-0.2, -0.15) is 5.26 Å². The number of piperidine rings is 1. The van der Waals surface area contributed by atoms with Gasteiger partial charge in [0.1, 0.15) is 6.07 Å². The molecule has 0 aliphatic carbocycles. The second-order valence-corrected chi connectivity index (χ2v) is 5.32. The van der Waals surface area contributed by atoms with Crippen molar-refractivity contribution in [1.29, 1.82) is 5.26 Å². The molecule has 0 bridgehead atoms. The standard InChI is InChI=1S/C16H23N3/c1-14(19-11-5-2-6-12-19)9-10-18-16-8-4-3-7-15(16)13-17/h3-4,7-8,14,18H,2,5-6,9-12H2,1H3. The fourth-order valence-electron chi connectivity index (χ4n) is 2.69. The fourth-order valence-corrected chi connectivity index (χ4v) is 2.69. The van der Waals surface area contributed by atoms with Crippen LogP contribution in [0.15, 0.2) is 24.3 Å². The normalized spacial score (nSPS) is 17.7. The average Bonchev–Trinajstić information content (AvgIpc) is 2.48. The van der Waals surface area contributed by atoms with Crippen LogP contribution in [0.3, 0.4) is 0 Å². The van der Waals surface area contributed by atoms with Crippen molar-refractivity contribution < 1.29 is 0 Å². The van der Waals surface area contributed by atoms with Gasteiger partial charge in [0, 0.05) is 12.6 Å². The summed E-state index contributed by atoms with van der Waals surface area (Å²) in [4.78, 5) is 2.58. The van der Waals surface area contributed by atoms with Crippen LogP contribution in [0.1, 0.15) is 38.2 Å². The Labute approximate surface area is 116 Å². The van der Waals surface area contributed by atoms with E-state index in [1.54, 1.807) is 0 Å². The molecule has 102 valence electrons. The summed E-state index contributed by atoms with van der Waals surface area (Å²) < 4.78 is 0. The zero-order chi connectivity index (χ0) is 13.5. The number of hydrogen-bond donors (Lipinski definition) is 1. The quantitative estimate of drug-likeness (QED) is 0.880. The Bertz CT molecular complexity index is 430. The Kier molecular flexibility index (Phi) is 5.23. The molecule has 1 aliphatic rings. The van der Waals surface area contributed by atoms with Gasteiger partial charge in [-0.1, -0.05) is 18.6 Å². The van der Waals surface area contributed by atoms with Gasteiger partial charge >= 0.3 is 0 Å². The summed E-state index contributed by atoms with van der Waals surface area (Å²) in [7, 11) is 0. The third-order valence-electron chi connectivity index (χ3n) is 3.94. The molecule has 3 heteroatoms. The summed E-state index contributed by atoms with van der Waals surface area (Å²) in [6, 6.07) is 10.6. The lowest BCUT2D eigenvalue weighted by molar-refractivity contribution is 0.169. The van der Waals surface area contributed by atoms with Crippen LogP contribution in [0.2, 0.25) is 0 Å². The Morgan fingerprint density at radius 1 is 1.26 bits per heavy atom.